The van der Waals surface area contributed by atoms with Gasteiger partial charge >= 0.3 is 0 Å². The number of fused-ring (bicyclic) bond motifs is 3. The smallest absolute Gasteiger partial charge is 0.0255 e. The Bertz CT molecular complexity index is 536. The second-order valence-corrected chi connectivity index (χ2v) is 5.61. The first-order chi connectivity index (χ1) is 9.86. The van der Waals surface area contributed by atoms with Crippen LogP contribution in [0.25, 0.3) is 11.1 Å². The highest BCUT2D eigenvalue weighted by Gasteiger charge is 2.32. The number of benzene rings is 2. The molecule has 0 spiro atoms. The lowest BCUT2D eigenvalue weighted by Gasteiger charge is -2.26. The molecule has 104 valence electrons. The van der Waals surface area contributed by atoms with E-state index in [0.29, 0.717) is 12.0 Å². The van der Waals surface area contributed by atoms with Crippen molar-refractivity contribution >= 4 is 0 Å². The maximum absolute atomic E-state index is 3.71. The molecule has 1 nitrogen and oxygen atoms in total. The van der Waals surface area contributed by atoms with E-state index in [1.807, 2.05) is 0 Å². The Hall–Kier alpha value is -1.60. The summed E-state index contributed by atoms with van der Waals surface area (Å²) in [7, 11) is 0. The van der Waals surface area contributed by atoms with Crippen molar-refractivity contribution in [3.8, 4) is 11.1 Å². The maximum Gasteiger partial charge on any atom is 0.0255 e. The monoisotopic (exact) mass is 265 g/mol. The predicted octanol–water partition coefficient (Wildman–Crippen LogP) is 4.58. The molecule has 1 heteroatoms. The molecule has 0 saturated heterocycles. The Morgan fingerprint density at radius 2 is 1.45 bits per heavy atom. The largest absolute Gasteiger partial charge is 0.313 e. The molecule has 0 heterocycles. The summed E-state index contributed by atoms with van der Waals surface area (Å²) in [5.41, 5.74) is 5.83. The van der Waals surface area contributed by atoms with Crippen LogP contribution in [0.2, 0.25) is 0 Å². The quantitative estimate of drug-likeness (QED) is 0.834. The molecular weight excluding hydrogens is 242 g/mol. The molecule has 0 amide bonds. The zero-order valence-corrected chi connectivity index (χ0v) is 12.4. The first-order valence-corrected chi connectivity index (χ1v) is 7.78. The van der Waals surface area contributed by atoms with Crippen LogP contribution in [0.3, 0.4) is 0 Å². The van der Waals surface area contributed by atoms with E-state index >= 15 is 0 Å². The standard InChI is InChI=1S/C19H23N/c1-3-9-18(20-4-2)19-16-12-7-5-10-14(16)15-11-6-8-13-17(15)19/h5-8,10-13,18-20H,3-4,9H2,1-2H3. The lowest BCUT2D eigenvalue weighted by Crippen LogP contribution is -2.34. The third-order valence-corrected chi connectivity index (χ3v) is 4.35. The minimum absolute atomic E-state index is 0.502. The van der Waals surface area contributed by atoms with Gasteiger partial charge in [-0.25, -0.2) is 0 Å². The summed E-state index contributed by atoms with van der Waals surface area (Å²) in [6.45, 7) is 5.51. The molecule has 1 atom stereocenters. The van der Waals surface area contributed by atoms with E-state index in [-0.39, 0.29) is 0 Å². The summed E-state index contributed by atoms with van der Waals surface area (Å²) in [4.78, 5) is 0. The van der Waals surface area contributed by atoms with Gasteiger partial charge in [0.15, 0.2) is 0 Å². The van der Waals surface area contributed by atoms with Gasteiger partial charge in [0.1, 0.15) is 0 Å². The molecule has 2 aromatic carbocycles. The molecule has 0 aliphatic heterocycles. The summed E-state index contributed by atoms with van der Waals surface area (Å²) in [6, 6.07) is 18.3. The van der Waals surface area contributed by atoms with E-state index in [9.17, 15) is 0 Å². The van der Waals surface area contributed by atoms with Gasteiger partial charge in [0.05, 0.1) is 0 Å². The van der Waals surface area contributed by atoms with Gasteiger partial charge in [0.25, 0.3) is 0 Å². The van der Waals surface area contributed by atoms with E-state index in [2.05, 4.69) is 67.7 Å². The van der Waals surface area contributed by atoms with Crippen LogP contribution in [-0.2, 0) is 0 Å². The van der Waals surface area contributed by atoms with Gasteiger partial charge in [-0.15, -0.1) is 0 Å². The number of hydrogen-bond donors (Lipinski definition) is 1. The predicted molar refractivity (Wildman–Crippen MR) is 86.1 cm³/mol. The van der Waals surface area contributed by atoms with Crippen molar-refractivity contribution in [2.24, 2.45) is 0 Å². The Kier molecular flexibility index (Phi) is 3.88. The summed E-state index contributed by atoms with van der Waals surface area (Å²) in [5.74, 6) is 0.502. The van der Waals surface area contributed by atoms with Gasteiger partial charge < -0.3 is 5.32 Å². The SMILES string of the molecule is CCCC(NCC)C1c2ccccc2-c2ccccc21. The summed E-state index contributed by atoms with van der Waals surface area (Å²) in [6.07, 6.45) is 2.44. The number of nitrogens with one attached hydrogen (secondary N) is 1. The van der Waals surface area contributed by atoms with Gasteiger partial charge in [-0.2, -0.15) is 0 Å². The highest BCUT2D eigenvalue weighted by molar-refractivity contribution is 5.79. The van der Waals surface area contributed by atoms with Crippen LogP contribution in [-0.4, -0.2) is 12.6 Å². The van der Waals surface area contributed by atoms with Crippen molar-refractivity contribution < 1.29 is 0 Å². The third kappa shape index (κ3) is 2.16. The molecule has 0 bridgehead atoms. The van der Waals surface area contributed by atoms with E-state index < -0.39 is 0 Å². The Morgan fingerprint density at radius 1 is 0.900 bits per heavy atom. The molecule has 0 aromatic heterocycles. The minimum atomic E-state index is 0.502. The van der Waals surface area contributed by atoms with Crippen LogP contribution < -0.4 is 5.32 Å². The zero-order chi connectivity index (χ0) is 13.9. The number of likely N-dealkylation sites (N-methyl/N-ethyl adjacent to an activating group) is 1. The number of hydrogen-bond acceptors (Lipinski definition) is 1. The molecule has 0 saturated carbocycles. The summed E-state index contributed by atoms with van der Waals surface area (Å²) >= 11 is 0. The fraction of sp³-hybridized carbons (Fsp3) is 0.368. The van der Waals surface area contributed by atoms with Gasteiger partial charge in [-0.3, -0.25) is 0 Å². The van der Waals surface area contributed by atoms with Gasteiger partial charge in [-0.1, -0.05) is 68.8 Å². The lowest BCUT2D eigenvalue weighted by atomic mass is 9.87. The third-order valence-electron chi connectivity index (χ3n) is 4.35. The van der Waals surface area contributed by atoms with Gasteiger partial charge in [0.2, 0.25) is 0 Å². The topological polar surface area (TPSA) is 12.0 Å². The average Bonchev–Trinajstić information content (AvgIpc) is 2.82. The van der Waals surface area contributed by atoms with Crippen LogP contribution in [0.1, 0.15) is 43.7 Å². The molecule has 2 aromatic rings. The van der Waals surface area contributed by atoms with Crippen LogP contribution in [0, 0.1) is 0 Å². The van der Waals surface area contributed by atoms with E-state index in [0.717, 1.165) is 6.54 Å². The Balaban J connectivity index is 2.10. The second-order valence-electron chi connectivity index (χ2n) is 5.61. The highest BCUT2D eigenvalue weighted by Crippen LogP contribution is 2.46. The van der Waals surface area contributed by atoms with Gasteiger partial charge in [0, 0.05) is 12.0 Å². The molecular formula is C19H23N. The van der Waals surface area contributed by atoms with Crippen molar-refractivity contribution in [1.29, 1.82) is 0 Å². The molecule has 1 aliphatic carbocycles. The van der Waals surface area contributed by atoms with E-state index in [1.54, 1.807) is 0 Å². The van der Waals surface area contributed by atoms with Crippen molar-refractivity contribution in [3.05, 3.63) is 59.7 Å². The number of rotatable bonds is 5. The normalized spacial score (nSPS) is 14.9. The highest BCUT2D eigenvalue weighted by atomic mass is 14.9. The second kappa shape index (κ2) is 5.80. The van der Waals surface area contributed by atoms with Crippen LogP contribution in [0.5, 0.6) is 0 Å². The molecule has 0 fully saturated rings. The fourth-order valence-electron chi connectivity index (χ4n) is 3.59. The minimum Gasteiger partial charge on any atom is -0.313 e. The van der Waals surface area contributed by atoms with Crippen LogP contribution in [0.4, 0.5) is 0 Å². The molecule has 1 aliphatic rings. The first kappa shape index (κ1) is 13.4. The van der Waals surface area contributed by atoms with Crippen molar-refractivity contribution in [2.75, 3.05) is 6.54 Å². The van der Waals surface area contributed by atoms with Crippen LogP contribution in [0.15, 0.2) is 48.5 Å². The summed E-state index contributed by atoms with van der Waals surface area (Å²) in [5, 5.41) is 3.71. The molecule has 1 unspecified atom stereocenters. The fourth-order valence-corrected chi connectivity index (χ4v) is 3.59. The lowest BCUT2D eigenvalue weighted by molar-refractivity contribution is 0.450. The van der Waals surface area contributed by atoms with Crippen LogP contribution >= 0.6 is 0 Å². The first-order valence-electron chi connectivity index (χ1n) is 7.78. The Morgan fingerprint density at radius 3 is 1.95 bits per heavy atom. The zero-order valence-electron chi connectivity index (χ0n) is 12.4. The van der Waals surface area contributed by atoms with Gasteiger partial charge in [-0.05, 0) is 35.2 Å². The van der Waals surface area contributed by atoms with Crippen molar-refractivity contribution in [2.45, 2.75) is 38.6 Å². The van der Waals surface area contributed by atoms with Crippen molar-refractivity contribution in [3.63, 3.8) is 0 Å². The Labute approximate surface area is 122 Å². The average molecular weight is 265 g/mol. The van der Waals surface area contributed by atoms with E-state index in [1.165, 1.54) is 35.1 Å². The molecule has 20 heavy (non-hydrogen) atoms. The molecule has 0 radical (unpaired) electrons. The molecule has 1 N–H and O–H groups in total. The van der Waals surface area contributed by atoms with E-state index in [4.69, 9.17) is 0 Å². The maximum atomic E-state index is 3.71. The molecule has 3 rings (SSSR count). The van der Waals surface area contributed by atoms with Crippen molar-refractivity contribution in [1.82, 2.24) is 5.32 Å². The summed E-state index contributed by atoms with van der Waals surface area (Å²) < 4.78 is 0.